The van der Waals surface area contributed by atoms with E-state index in [0.717, 1.165) is 18.5 Å². The largest absolute Gasteiger partial charge is 0.338 e. The molecular weight excluding hydrogens is 262 g/mol. The molecule has 2 atom stereocenters. The molecule has 4 heteroatoms. The van der Waals surface area contributed by atoms with Gasteiger partial charge in [0, 0.05) is 31.4 Å². The molecule has 0 aliphatic heterocycles. The van der Waals surface area contributed by atoms with Crippen molar-refractivity contribution in [3.8, 4) is 0 Å². The van der Waals surface area contributed by atoms with Gasteiger partial charge in [-0.15, -0.1) is 0 Å². The third kappa shape index (κ3) is 3.26. The Balaban J connectivity index is 1.65. The van der Waals surface area contributed by atoms with E-state index in [0.29, 0.717) is 36.8 Å². The lowest BCUT2D eigenvalue weighted by Crippen LogP contribution is -2.34. The van der Waals surface area contributed by atoms with Crippen LogP contribution >= 0.6 is 0 Å². The van der Waals surface area contributed by atoms with Gasteiger partial charge in [0.1, 0.15) is 0 Å². The number of hydrogen-bond acceptors (Lipinski definition) is 3. The van der Waals surface area contributed by atoms with Crippen LogP contribution in [0.1, 0.15) is 37.7 Å². The molecule has 0 spiro atoms. The summed E-state index contributed by atoms with van der Waals surface area (Å²) in [5, 5.41) is 0. The summed E-state index contributed by atoms with van der Waals surface area (Å²) in [4.78, 5) is 19.0. The van der Waals surface area contributed by atoms with Crippen molar-refractivity contribution in [2.45, 2.75) is 38.6 Å². The van der Waals surface area contributed by atoms with E-state index in [1.165, 1.54) is 25.7 Å². The molecule has 2 N–H and O–H groups in total. The molecule has 1 aromatic rings. The van der Waals surface area contributed by atoms with Crippen LogP contribution in [0.5, 0.6) is 0 Å². The fourth-order valence-corrected chi connectivity index (χ4v) is 3.83. The third-order valence-electron chi connectivity index (χ3n) is 4.98. The number of fused-ring (bicyclic) bond motifs is 1. The standard InChI is InChI=1S/C17H25N3O/c18-8-4-10-20(12-13-5-3-9-19-11-13)17(21)16-14-6-1-2-7-15(14)16/h3,5,9,11,14-16H,1-2,4,6-8,10,12,18H2. The number of carbonyl (C=O) groups is 1. The summed E-state index contributed by atoms with van der Waals surface area (Å²) in [7, 11) is 0. The minimum absolute atomic E-state index is 0.293. The highest BCUT2D eigenvalue weighted by atomic mass is 16.2. The quantitative estimate of drug-likeness (QED) is 0.872. The maximum Gasteiger partial charge on any atom is 0.226 e. The molecule has 114 valence electrons. The molecule has 2 aliphatic rings. The zero-order valence-electron chi connectivity index (χ0n) is 12.6. The van der Waals surface area contributed by atoms with Crippen LogP contribution in [-0.4, -0.2) is 28.9 Å². The Kier molecular flexibility index (Phi) is 4.54. The first-order chi connectivity index (χ1) is 10.3. The minimum atomic E-state index is 0.293. The van der Waals surface area contributed by atoms with Crippen molar-refractivity contribution in [1.29, 1.82) is 0 Å². The van der Waals surface area contributed by atoms with Gasteiger partial charge in [0.2, 0.25) is 5.91 Å². The van der Waals surface area contributed by atoms with Crippen molar-refractivity contribution < 1.29 is 4.79 Å². The van der Waals surface area contributed by atoms with Crippen LogP contribution in [0.2, 0.25) is 0 Å². The van der Waals surface area contributed by atoms with E-state index in [4.69, 9.17) is 5.73 Å². The predicted octanol–water partition coefficient (Wildman–Crippen LogP) is 2.20. The van der Waals surface area contributed by atoms with Crippen molar-refractivity contribution >= 4 is 5.91 Å². The Bertz CT molecular complexity index is 464. The second-order valence-corrected chi connectivity index (χ2v) is 6.40. The lowest BCUT2D eigenvalue weighted by atomic mass is 10.0. The second-order valence-electron chi connectivity index (χ2n) is 6.40. The van der Waals surface area contributed by atoms with E-state index in [2.05, 4.69) is 4.98 Å². The number of aromatic nitrogens is 1. The molecule has 2 saturated carbocycles. The molecule has 0 radical (unpaired) electrons. The summed E-state index contributed by atoms with van der Waals surface area (Å²) >= 11 is 0. The molecule has 21 heavy (non-hydrogen) atoms. The van der Waals surface area contributed by atoms with Crippen LogP contribution in [0, 0.1) is 17.8 Å². The van der Waals surface area contributed by atoms with Crippen LogP contribution in [0.4, 0.5) is 0 Å². The molecule has 1 amide bonds. The van der Waals surface area contributed by atoms with Gasteiger partial charge in [-0.3, -0.25) is 9.78 Å². The number of pyridine rings is 1. The zero-order chi connectivity index (χ0) is 14.7. The van der Waals surface area contributed by atoms with E-state index in [9.17, 15) is 4.79 Å². The Hall–Kier alpha value is -1.42. The molecule has 0 aromatic carbocycles. The predicted molar refractivity (Wildman–Crippen MR) is 82.3 cm³/mol. The first kappa shape index (κ1) is 14.5. The van der Waals surface area contributed by atoms with Gasteiger partial charge in [-0.1, -0.05) is 18.9 Å². The van der Waals surface area contributed by atoms with Crippen molar-refractivity contribution in [3.63, 3.8) is 0 Å². The molecule has 1 heterocycles. The fraction of sp³-hybridized carbons (Fsp3) is 0.647. The van der Waals surface area contributed by atoms with E-state index >= 15 is 0 Å². The highest BCUT2D eigenvalue weighted by molar-refractivity contribution is 5.82. The van der Waals surface area contributed by atoms with Crippen LogP contribution in [0.25, 0.3) is 0 Å². The van der Waals surface area contributed by atoms with E-state index in [1.807, 2.05) is 23.2 Å². The summed E-state index contributed by atoms with van der Waals surface area (Å²) in [5.74, 6) is 1.98. The lowest BCUT2D eigenvalue weighted by Gasteiger charge is -2.23. The molecular formula is C17H25N3O. The van der Waals surface area contributed by atoms with E-state index < -0.39 is 0 Å². The van der Waals surface area contributed by atoms with Gasteiger partial charge in [-0.25, -0.2) is 0 Å². The van der Waals surface area contributed by atoms with Crippen molar-refractivity contribution in [2.24, 2.45) is 23.5 Å². The van der Waals surface area contributed by atoms with Crippen LogP contribution in [0.15, 0.2) is 24.5 Å². The monoisotopic (exact) mass is 287 g/mol. The maximum atomic E-state index is 12.8. The molecule has 0 saturated heterocycles. The van der Waals surface area contributed by atoms with Gasteiger partial charge in [-0.05, 0) is 49.3 Å². The maximum absolute atomic E-state index is 12.8. The number of nitrogens with zero attached hydrogens (tertiary/aromatic N) is 2. The van der Waals surface area contributed by atoms with Gasteiger partial charge in [0.05, 0.1) is 0 Å². The third-order valence-corrected chi connectivity index (χ3v) is 4.98. The van der Waals surface area contributed by atoms with Crippen molar-refractivity contribution in [3.05, 3.63) is 30.1 Å². The first-order valence-electron chi connectivity index (χ1n) is 8.19. The number of rotatable bonds is 6. The smallest absolute Gasteiger partial charge is 0.226 e. The first-order valence-corrected chi connectivity index (χ1v) is 8.19. The second kappa shape index (κ2) is 6.56. The van der Waals surface area contributed by atoms with Crippen molar-refractivity contribution in [2.75, 3.05) is 13.1 Å². The normalized spacial score (nSPS) is 27.0. The molecule has 3 rings (SSSR count). The molecule has 0 bridgehead atoms. The Morgan fingerprint density at radius 3 is 2.71 bits per heavy atom. The zero-order valence-corrected chi connectivity index (χ0v) is 12.6. The SMILES string of the molecule is NCCCN(Cc1cccnc1)C(=O)C1C2CCCCC21. The summed E-state index contributed by atoms with van der Waals surface area (Å²) in [6.07, 6.45) is 9.59. The number of amides is 1. The van der Waals surface area contributed by atoms with Crippen molar-refractivity contribution in [1.82, 2.24) is 9.88 Å². The molecule has 2 fully saturated rings. The van der Waals surface area contributed by atoms with E-state index in [1.54, 1.807) is 6.20 Å². The van der Waals surface area contributed by atoms with Gasteiger partial charge in [-0.2, -0.15) is 0 Å². The number of nitrogens with two attached hydrogens (primary N) is 1. The Morgan fingerprint density at radius 2 is 2.10 bits per heavy atom. The average molecular weight is 287 g/mol. The van der Waals surface area contributed by atoms with Crippen LogP contribution in [0.3, 0.4) is 0 Å². The summed E-state index contributed by atoms with van der Waals surface area (Å²) in [6, 6.07) is 3.97. The molecule has 4 nitrogen and oxygen atoms in total. The number of hydrogen-bond donors (Lipinski definition) is 1. The van der Waals surface area contributed by atoms with Crippen LogP contribution < -0.4 is 5.73 Å². The topological polar surface area (TPSA) is 59.2 Å². The minimum Gasteiger partial charge on any atom is -0.338 e. The summed E-state index contributed by atoms with van der Waals surface area (Å²) in [5.41, 5.74) is 6.73. The molecule has 2 unspecified atom stereocenters. The van der Waals surface area contributed by atoms with Gasteiger partial charge in [0.25, 0.3) is 0 Å². The Morgan fingerprint density at radius 1 is 1.33 bits per heavy atom. The van der Waals surface area contributed by atoms with Gasteiger partial charge < -0.3 is 10.6 Å². The molecule has 2 aliphatic carbocycles. The average Bonchev–Trinajstić information content (AvgIpc) is 3.26. The van der Waals surface area contributed by atoms with Gasteiger partial charge in [0.15, 0.2) is 0 Å². The molecule has 1 aromatic heterocycles. The highest BCUT2D eigenvalue weighted by Crippen LogP contribution is 2.56. The summed E-state index contributed by atoms with van der Waals surface area (Å²) < 4.78 is 0. The van der Waals surface area contributed by atoms with Crippen LogP contribution in [-0.2, 0) is 11.3 Å². The fourth-order valence-electron chi connectivity index (χ4n) is 3.83. The lowest BCUT2D eigenvalue weighted by molar-refractivity contribution is -0.133. The highest BCUT2D eigenvalue weighted by Gasteiger charge is 2.55. The van der Waals surface area contributed by atoms with E-state index in [-0.39, 0.29) is 0 Å². The van der Waals surface area contributed by atoms with Gasteiger partial charge >= 0.3 is 0 Å². The number of carbonyl (C=O) groups excluding carboxylic acids is 1. The Labute approximate surface area is 126 Å². The summed E-state index contributed by atoms with van der Waals surface area (Å²) in [6.45, 7) is 2.07.